The third-order valence-corrected chi connectivity index (χ3v) is 4.10. The van der Waals surface area contributed by atoms with Crippen molar-refractivity contribution in [2.24, 2.45) is 0 Å². The summed E-state index contributed by atoms with van der Waals surface area (Å²) in [6.07, 6.45) is 0.674. The Bertz CT molecular complexity index is 484. The molecule has 1 heterocycles. The summed E-state index contributed by atoms with van der Waals surface area (Å²) in [5.74, 6) is -0.987. The lowest BCUT2D eigenvalue weighted by molar-refractivity contribution is 0.00578. The summed E-state index contributed by atoms with van der Waals surface area (Å²) in [5.41, 5.74) is 0.558. The molecule has 2 rings (SSSR count). The Kier molecular flexibility index (Phi) is 3.39. The molecule has 1 saturated heterocycles. The van der Waals surface area contributed by atoms with Gasteiger partial charge in [0.1, 0.15) is 0 Å². The number of rotatable bonds is 2. The van der Waals surface area contributed by atoms with Crippen LogP contribution in [-0.2, 0) is 15.7 Å². The monoisotopic (exact) mass is 266 g/mol. The fourth-order valence-corrected chi connectivity index (χ4v) is 2.12. The Morgan fingerprint density at radius 2 is 1.68 bits per heavy atom. The van der Waals surface area contributed by atoms with E-state index in [-0.39, 0.29) is 5.75 Å². The van der Waals surface area contributed by atoms with E-state index >= 15 is 0 Å². The molecule has 1 aromatic rings. The van der Waals surface area contributed by atoms with Crippen molar-refractivity contribution >= 4 is 12.6 Å². The van der Waals surface area contributed by atoms with Crippen molar-refractivity contribution in [2.45, 2.75) is 52.2 Å². The molecule has 0 bridgehead atoms. The van der Waals surface area contributed by atoms with Gasteiger partial charge in [-0.1, -0.05) is 6.92 Å². The van der Waals surface area contributed by atoms with E-state index < -0.39 is 24.1 Å². The fourth-order valence-electron chi connectivity index (χ4n) is 2.12. The van der Waals surface area contributed by atoms with E-state index in [0.29, 0.717) is 11.9 Å². The fraction of sp³-hybridized carbons (Fsp3) is 0.571. The van der Waals surface area contributed by atoms with Gasteiger partial charge in [-0.15, -0.1) is 0 Å². The normalized spacial score (nSPS) is 20.8. The summed E-state index contributed by atoms with van der Waals surface area (Å²) in [7, 11) is -0.602. The Labute approximate surface area is 113 Å². The molecule has 0 unspecified atom stereocenters. The number of hydrogen-bond acceptors (Lipinski definition) is 3. The maximum atomic E-state index is 13.6. The number of halogens is 1. The highest BCUT2D eigenvalue weighted by molar-refractivity contribution is 6.62. The molecule has 1 aliphatic rings. The third-order valence-electron chi connectivity index (χ3n) is 4.10. The predicted molar refractivity (Wildman–Crippen MR) is 73.2 cm³/mol. The topological polar surface area (TPSA) is 38.7 Å². The molecule has 0 amide bonds. The second kappa shape index (κ2) is 4.49. The van der Waals surface area contributed by atoms with E-state index in [0.717, 1.165) is 5.56 Å². The first-order chi connectivity index (χ1) is 8.68. The smallest absolute Gasteiger partial charge is 0.495 e. The lowest BCUT2D eigenvalue weighted by Crippen LogP contribution is -2.41. The van der Waals surface area contributed by atoms with Crippen molar-refractivity contribution in [1.82, 2.24) is 0 Å². The predicted octanol–water partition coefficient (Wildman–Crippen LogP) is 2.39. The second-order valence-corrected chi connectivity index (χ2v) is 5.94. The van der Waals surface area contributed by atoms with Crippen molar-refractivity contribution in [1.29, 1.82) is 0 Å². The van der Waals surface area contributed by atoms with Gasteiger partial charge in [0, 0.05) is 0 Å². The molecule has 0 aliphatic carbocycles. The number of phenolic OH excluding ortho intramolecular Hbond substituents is 1. The molecule has 0 aromatic heterocycles. The third kappa shape index (κ3) is 2.37. The van der Waals surface area contributed by atoms with Crippen LogP contribution in [0, 0.1) is 5.82 Å². The largest absolute Gasteiger partial charge is 0.505 e. The summed E-state index contributed by atoms with van der Waals surface area (Å²) in [5, 5.41) is 9.45. The highest BCUT2D eigenvalue weighted by Crippen LogP contribution is 2.37. The number of benzene rings is 1. The van der Waals surface area contributed by atoms with Crippen LogP contribution in [0.3, 0.4) is 0 Å². The maximum absolute atomic E-state index is 13.6. The Morgan fingerprint density at radius 3 is 2.16 bits per heavy atom. The number of hydrogen-bond donors (Lipinski definition) is 1. The van der Waals surface area contributed by atoms with E-state index in [4.69, 9.17) is 9.31 Å². The number of aryl methyl sites for hydroxylation is 1. The van der Waals surface area contributed by atoms with Crippen LogP contribution in [0.4, 0.5) is 4.39 Å². The van der Waals surface area contributed by atoms with Crippen molar-refractivity contribution < 1.29 is 18.8 Å². The van der Waals surface area contributed by atoms with E-state index in [1.807, 2.05) is 34.6 Å². The quantitative estimate of drug-likeness (QED) is 0.835. The van der Waals surface area contributed by atoms with Crippen LogP contribution in [0.2, 0.25) is 0 Å². The summed E-state index contributed by atoms with van der Waals surface area (Å²) < 4.78 is 25.4. The van der Waals surface area contributed by atoms with Crippen LogP contribution < -0.4 is 5.46 Å². The van der Waals surface area contributed by atoms with Gasteiger partial charge in [0.05, 0.1) is 11.2 Å². The van der Waals surface area contributed by atoms with Gasteiger partial charge in [0.15, 0.2) is 11.6 Å². The molecule has 0 radical (unpaired) electrons. The minimum Gasteiger partial charge on any atom is -0.505 e. The van der Waals surface area contributed by atoms with Gasteiger partial charge >= 0.3 is 7.12 Å². The van der Waals surface area contributed by atoms with Gasteiger partial charge in [-0.3, -0.25) is 0 Å². The maximum Gasteiger partial charge on any atom is 0.495 e. The molecule has 1 aromatic carbocycles. The molecule has 1 aliphatic heterocycles. The average molecular weight is 266 g/mol. The molecule has 0 spiro atoms. The molecule has 3 nitrogen and oxygen atoms in total. The first-order valence-corrected chi connectivity index (χ1v) is 6.55. The molecule has 0 atom stereocenters. The molecule has 104 valence electrons. The lowest BCUT2D eigenvalue weighted by Gasteiger charge is -2.32. The lowest BCUT2D eigenvalue weighted by atomic mass is 9.75. The Morgan fingerprint density at radius 1 is 1.16 bits per heavy atom. The summed E-state index contributed by atoms with van der Waals surface area (Å²) in [6, 6.07) is 2.74. The minimum absolute atomic E-state index is 0.336. The van der Waals surface area contributed by atoms with Crippen molar-refractivity contribution in [3.8, 4) is 5.75 Å². The van der Waals surface area contributed by atoms with E-state index in [1.54, 1.807) is 0 Å². The molecule has 1 N–H and O–H groups in total. The molecule has 0 saturated carbocycles. The van der Waals surface area contributed by atoms with Crippen LogP contribution in [0.15, 0.2) is 12.1 Å². The van der Waals surface area contributed by atoms with Crippen LogP contribution in [0.25, 0.3) is 0 Å². The summed E-state index contributed by atoms with van der Waals surface area (Å²) in [6.45, 7) is 9.76. The molecule has 5 heteroatoms. The second-order valence-electron chi connectivity index (χ2n) is 5.94. The Balaban J connectivity index is 2.42. The van der Waals surface area contributed by atoms with E-state index in [2.05, 4.69) is 0 Å². The SMILES string of the molecule is CCc1cc(O)c(F)cc1B1OC(C)(C)C(C)(C)O1. The van der Waals surface area contributed by atoms with Crippen molar-refractivity contribution in [3.05, 3.63) is 23.5 Å². The molecule has 19 heavy (non-hydrogen) atoms. The minimum atomic E-state index is -0.651. The zero-order chi connectivity index (χ0) is 14.4. The van der Waals surface area contributed by atoms with E-state index in [1.165, 1.54) is 12.1 Å². The van der Waals surface area contributed by atoms with Gasteiger partial charge in [-0.05, 0) is 57.3 Å². The van der Waals surface area contributed by atoms with Crippen molar-refractivity contribution in [3.63, 3.8) is 0 Å². The van der Waals surface area contributed by atoms with Crippen LogP contribution >= 0.6 is 0 Å². The molecule has 1 fully saturated rings. The van der Waals surface area contributed by atoms with Gasteiger partial charge in [-0.25, -0.2) is 4.39 Å². The standard InChI is InChI=1S/C14H20BFO3/c1-6-9-7-12(17)11(16)8-10(9)15-18-13(2,3)14(4,5)19-15/h7-8,17H,6H2,1-5H3. The first-order valence-electron chi connectivity index (χ1n) is 6.55. The number of aromatic hydroxyl groups is 1. The van der Waals surface area contributed by atoms with Gasteiger partial charge in [0.25, 0.3) is 0 Å². The summed E-state index contributed by atoms with van der Waals surface area (Å²) >= 11 is 0. The zero-order valence-corrected chi connectivity index (χ0v) is 12.1. The van der Waals surface area contributed by atoms with Crippen LogP contribution in [0.1, 0.15) is 40.2 Å². The van der Waals surface area contributed by atoms with Gasteiger partial charge in [0.2, 0.25) is 0 Å². The highest BCUT2D eigenvalue weighted by Gasteiger charge is 2.52. The van der Waals surface area contributed by atoms with E-state index in [9.17, 15) is 9.50 Å². The van der Waals surface area contributed by atoms with Gasteiger partial charge in [-0.2, -0.15) is 0 Å². The highest BCUT2D eigenvalue weighted by atomic mass is 19.1. The first kappa shape index (κ1) is 14.3. The van der Waals surface area contributed by atoms with Gasteiger partial charge < -0.3 is 14.4 Å². The summed E-state index contributed by atoms with van der Waals surface area (Å²) in [4.78, 5) is 0. The average Bonchev–Trinajstić information content (AvgIpc) is 2.51. The molecular formula is C14H20BFO3. The Hall–Kier alpha value is -1.07. The molecular weight excluding hydrogens is 246 g/mol. The van der Waals surface area contributed by atoms with Crippen LogP contribution in [0.5, 0.6) is 5.75 Å². The van der Waals surface area contributed by atoms with Crippen LogP contribution in [-0.4, -0.2) is 23.4 Å². The number of phenols is 1. The van der Waals surface area contributed by atoms with Crippen molar-refractivity contribution in [2.75, 3.05) is 0 Å². The zero-order valence-electron chi connectivity index (χ0n) is 12.1.